The first-order valence-electron chi connectivity index (χ1n) is 12.3. The SMILES string of the molecule is CC1=N[C@@H](NC(=O)Nc2cccc(C)c2)C(=O)N(CC(=O)N2CCC[C@H](C(N)=O)C2)c2c(C)cccc21. The number of amides is 5. The summed E-state index contributed by atoms with van der Waals surface area (Å²) in [5.41, 5.74) is 9.69. The molecular weight excluding hydrogens is 472 g/mol. The molecule has 0 unspecified atom stereocenters. The van der Waals surface area contributed by atoms with Crippen LogP contribution in [0.3, 0.4) is 0 Å². The van der Waals surface area contributed by atoms with Crippen LogP contribution in [0.1, 0.15) is 36.5 Å². The van der Waals surface area contributed by atoms with Crippen LogP contribution >= 0.6 is 0 Å². The standard InChI is InChI=1S/C27H32N6O4/c1-16-7-4-10-20(13-16)30-27(37)31-25-26(36)33(23-17(2)8-5-11-21(23)18(3)29-25)15-22(34)32-12-6-9-19(14-32)24(28)35/h4-5,7-8,10-11,13,19,25H,6,9,12,14-15H2,1-3H3,(H2,28,35)(H2,30,31,37)/t19-,25-/m0/s1. The summed E-state index contributed by atoms with van der Waals surface area (Å²) < 4.78 is 0. The Labute approximate surface area is 215 Å². The molecular formula is C27H32N6O4. The molecule has 2 aromatic carbocycles. The van der Waals surface area contributed by atoms with Crippen molar-refractivity contribution < 1.29 is 19.2 Å². The number of nitrogens with two attached hydrogens (primary N) is 1. The Kier molecular flexibility index (Phi) is 7.56. The number of para-hydroxylation sites is 1. The molecule has 10 nitrogen and oxygen atoms in total. The van der Waals surface area contributed by atoms with E-state index in [2.05, 4.69) is 15.6 Å². The summed E-state index contributed by atoms with van der Waals surface area (Å²) in [4.78, 5) is 59.1. The minimum absolute atomic E-state index is 0.229. The van der Waals surface area contributed by atoms with Crippen molar-refractivity contribution in [3.63, 3.8) is 0 Å². The summed E-state index contributed by atoms with van der Waals surface area (Å²) >= 11 is 0. The predicted molar refractivity (Wildman–Crippen MR) is 141 cm³/mol. The van der Waals surface area contributed by atoms with Gasteiger partial charge in [0.15, 0.2) is 0 Å². The molecule has 1 saturated heterocycles. The number of rotatable bonds is 5. The number of fused-ring (bicyclic) bond motifs is 1. The highest BCUT2D eigenvalue weighted by atomic mass is 16.2. The molecule has 0 aliphatic carbocycles. The van der Waals surface area contributed by atoms with Gasteiger partial charge in [-0.3, -0.25) is 24.3 Å². The monoisotopic (exact) mass is 504 g/mol. The summed E-state index contributed by atoms with van der Waals surface area (Å²) in [7, 11) is 0. The number of piperidine rings is 1. The third-order valence-corrected chi connectivity index (χ3v) is 6.73. The van der Waals surface area contributed by atoms with Crippen LogP contribution in [0.15, 0.2) is 47.5 Å². The van der Waals surface area contributed by atoms with Crippen molar-refractivity contribution in [3.05, 3.63) is 59.2 Å². The fraction of sp³-hybridized carbons (Fsp3) is 0.370. The van der Waals surface area contributed by atoms with Crippen molar-refractivity contribution in [2.45, 2.75) is 39.8 Å². The largest absolute Gasteiger partial charge is 0.369 e. The van der Waals surface area contributed by atoms with Crippen LogP contribution in [0, 0.1) is 19.8 Å². The molecule has 37 heavy (non-hydrogen) atoms. The summed E-state index contributed by atoms with van der Waals surface area (Å²) in [5, 5.41) is 5.38. The number of nitrogens with one attached hydrogen (secondary N) is 2. The van der Waals surface area contributed by atoms with Crippen molar-refractivity contribution in [2.24, 2.45) is 16.6 Å². The first kappa shape index (κ1) is 25.9. The van der Waals surface area contributed by atoms with Crippen molar-refractivity contribution in [1.82, 2.24) is 10.2 Å². The number of benzodiazepines with no additional fused rings is 1. The number of anilines is 2. The van der Waals surface area contributed by atoms with E-state index in [1.165, 1.54) is 4.90 Å². The third kappa shape index (κ3) is 5.79. The summed E-state index contributed by atoms with van der Waals surface area (Å²) in [5.74, 6) is -1.66. The fourth-order valence-electron chi connectivity index (χ4n) is 4.82. The minimum Gasteiger partial charge on any atom is -0.369 e. The van der Waals surface area contributed by atoms with E-state index in [0.29, 0.717) is 42.0 Å². The van der Waals surface area contributed by atoms with Crippen LogP contribution in [-0.4, -0.2) is 60.2 Å². The van der Waals surface area contributed by atoms with Crippen molar-refractivity contribution >= 4 is 40.8 Å². The number of benzene rings is 2. The van der Waals surface area contributed by atoms with Gasteiger partial charge < -0.3 is 21.3 Å². The van der Waals surface area contributed by atoms with Gasteiger partial charge >= 0.3 is 6.03 Å². The molecule has 4 N–H and O–H groups in total. The minimum atomic E-state index is -1.23. The Morgan fingerprint density at radius 1 is 1.11 bits per heavy atom. The van der Waals surface area contributed by atoms with Crippen LogP contribution in [0.25, 0.3) is 0 Å². The summed E-state index contributed by atoms with van der Waals surface area (Å²) in [6.07, 6.45) is 0.0665. The summed E-state index contributed by atoms with van der Waals surface area (Å²) in [6, 6.07) is 12.3. The van der Waals surface area contributed by atoms with Gasteiger partial charge in [-0.2, -0.15) is 0 Å². The molecule has 2 aliphatic heterocycles. The van der Waals surface area contributed by atoms with E-state index in [1.807, 2.05) is 50.2 Å². The first-order valence-corrected chi connectivity index (χ1v) is 12.3. The molecule has 1 fully saturated rings. The number of aliphatic imine (C=N–C) groups is 1. The average Bonchev–Trinajstić information content (AvgIpc) is 2.95. The van der Waals surface area contributed by atoms with Gasteiger partial charge in [0.1, 0.15) is 6.54 Å². The predicted octanol–water partition coefficient (Wildman–Crippen LogP) is 2.33. The molecule has 2 aliphatic rings. The second kappa shape index (κ2) is 10.8. The molecule has 10 heteroatoms. The molecule has 0 bridgehead atoms. The van der Waals surface area contributed by atoms with Gasteiger partial charge in [0.05, 0.1) is 11.6 Å². The second-order valence-electron chi connectivity index (χ2n) is 9.56. The van der Waals surface area contributed by atoms with Gasteiger partial charge in [-0.05, 0) is 56.9 Å². The van der Waals surface area contributed by atoms with Crippen LogP contribution < -0.4 is 21.3 Å². The number of hydrogen-bond acceptors (Lipinski definition) is 5. The van der Waals surface area contributed by atoms with Crippen molar-refractivity contribution in [2.75, 3.05) is 29.9 Å². The maximum Gasteiger partial charge on any atom is 0.321 e. The van der Waals surface area contributed by atoms with Gasteiger partial charge in [0, 0.05) is 30.1 Å². The highest BCUT2D eigenvalue weighted by Crippen LogP contribution is 2.30. The number of aryl methyl sites for hydroxylation is 2. The lowest BCUT2D eigenvalue weighted by Gasteiger charge is -2.34. The van der Waals surface area contributed by atoms with Gasteiger partial charge in [-0.15, -0.1) is 0 Å². The zero-order valence-corrected chi connectivity index (χ0v) is 21.3. The molecule has 0 aromatic heterocycles. The van der Waals surface area contributed by atoms with Crippen LogP contribution in [0.2, 0.25) is 0 Å². The molecule has 0 spiro atoms. The normalized spacial score (nSPS) is 19.4. The highest BCUT2D eigenvalue weighted by molar-refractivity contribution is 6.14. The lowest BCUT2D eigenvalue weighted by atomic mass is 9.97. The highest BCUT2D eigenvalue weighted by Gasteiger charge is 2.35. The topological polar surface area (TPSA) is 137 Å². The number of likely N-dealkylation sites (tertiary alicyclic amines) is 1. The molecule has 0 saturated carbocycles. The molecule has 2 heterocycles. The molecule has 194 valence electrons. The Morgan fingerprint density at radius 2 is 1.86 bits per heavy atom. The van der Waals surface area contributed by atoms with E-state index in [4.69, 9.17) is 5.73 Å². The van der Waals surface area contributed by atoms with Crippen LogP contribution in [0.5, 0.6) is 0 Å². The number of primary amides is 1. The zero-order chi connectivity index (χ0) is 26.7. The number of carbonyl (C=O) groups is 4. The van der Waals surface area contributed by atoms with Gasteiger partial charge in [0.2, 0.25) is 18.0 Å². The number of nitrogens with zero attached hydrogens (tertiary/aromatic N) is 3. The maximum absolute atomic E-state index is 13.8. The number of urea groups is 1. The van der Waals surface area contributed by atoms with Gasteiger partial charge in [0.25, 0.3) is 5.91 Å². The molecule has 0 radical (unpaired) electrons. The Morgan fingerprint density at radius 3 is 2.59 bits per heavy atom. The maximum atomic E-state index is 13.8. The number of carbonyl (C=O) groups excluding carboxylic acids is 4. The molecule has 2 aromatic rings. The third-order valence-electron chi connectivity index (χ3n) is 6.73. The van der Waals surface area contributed by atoms with Gasteiger partial charge in [-0.25, -0.2) is 4.79 Å². The average molecular weight is 505 g/mol. The first-order chi connectivity index (χ1) is 17.6. The van der Waals surface area contributed by atoms with E-state index in [0.717, 1.165) is 11.1 Å². The second-order valence-corrected chi connectivity index (χ2v) is 9.56. The van der Waals surface area contributed by atoms with Crippen molar-refractivity contribution in [1.29, 1.82) is 0 Å². The van der Waals surface area contributed by atoms with E-state index in [9.17, 15) is 19.2 Å². The van der Waals surface area contributed by atoms with Gasteiger partial charge in [-0.1, -0.05) is 30.3 Å². The van der Waals surface area contributed by atoms with Crippen LogP contribution in [-0.2, 0) is 14.4 Å². The van der Waals surface area contributed by atoms with Crippen molar-refractivity contribution in [3.8, 4) is 0 Å². The molecule has 5 amide bonds. The Balaban J connectivity index is 1.60. The number of hydrogen-bond donors (Lipinski definition) is 3. The van der Waals surface area contributed by atoms with Crippen LogP contribution in [0.4, 0.5) is 16.2 Å². The lowest BCUT2D eigenvalue weighted by Crippen LogP contribution is -2.53. The quantitative estimate of drug-likeness (QED) is 0.575. The fourth-order valence-corrected chi connectivity index (χ4v) is 4.82. The van der Waals surface area contributed by atoms with E-state index in [-0.39, 0.29) is 19.0 Å². The molecule has 2 atom stereocenters. The Hall–Kier alpha value is -4.21. The Bertz CT molecular complexity index is 1270. The molecule has 4 rings (SSSR count). The van der Waals surface area contributed by atoms with E-state index < -0.39 is 29.9 Å². The lowest BCUT2D eigenvalue weighted by molar-refractivity contribution is -0.135. The summed E-state index contributed by atoms with van der Waals surface area (Å²) in [6.45, 7) is 6.01. The zero-order valence-electron chi connectivity index (χ0n) is 21.3. The van der Waals surface area contributed by atoms with E-state index in [1.54, 1.807) is 17.9 Å². The van der Waals surface area contributed by atoms with E-state index >= 15 is 0 Å². The smallest absolute Gasteiger partial charge is 0.321 e.